The molecule has 0 aliphatic heterocycles. The fourth-order valence-corrected chi connectivity index (χ4v) is 1.71. The number of anilines is 1. The summed E-state index contributed by atoms with van der Waals surface area (Å²) in [6.07, 6.45) is 5.95. The Labute approximate surface area is 98.5 Å². The van der Waals surface area contributed by atoms with Crippen molar-refractivity contribution in [2.45, 2.75) is 12.8 Å². The molecule has 0 aliphatic carbocycles. The highest BCUT2D eigenvalue weighted by Gasteiger charge is 2.08. The van der Waals surface area contributed by atoms with Gasteiger partial charge in [0, 0.05) is 32.4 Å². The minimum absolute atomic E-state index is 0.173. The van der Waals surface area contributed by atoms with Crippen LogP contribution >= 0.6 is 0 Å². The zero-order valence-corrected chi connectivity index (χ0v) is 9.58. The summed E-state index contributed by atoms with van der Waals surface area (Å²) in [4.78, 5) is 16.7. The lowest BCUT2D eigenvalue weighted by Gasteiger charge is -2.18. The molecule has 6 nitrogen and oxygen atoms in total. The average molecular weight is 234 g/mol. The van der Waals surface area contributed by atoms with Crippen LogP contribution in [-0.4, -0.2) is 39.3 Å². The van der Waals surface area contributed by atoms with Gasteiger partial charge < -0.3 is 10.0 Å². The molecule has 0 saturated carbocycles. The van der Waals surface area contributed by atoms with Crippen molar-refractivity contribution in [2.75, 3.05) is 18.5 Å². The van der Waals surface area contributed by atoms with Gasteiger partial charge in [0.25, 0.3) is 0 Å². The SMILES string of the molecule is CN(CCCC(=O)O)c1nccn2nccc12. The molecule has 2 rings (SSSR count). The molecular weight excluding hydrogens is 220 g/mol. The van der Waals surface area contributed by atoms with Crippen LogP contribution in [0.1, 0.15) is 12.8 Å². The summed E-state index contributed by atoms with van der Waals surface area (Å²) in [5.74, 6) is 0.0457. The zero-order valence-electron chi connectivity index (χ0n) is 9.58. The lowest BCUT2D eigenvalue weighted by Crippen LogP contribution is -2.21. The van der Waals surface area contributed by atoms with Crippen LogP contribution in [0, 0.1) is 0 Å². The molecule has 0 spiro atoms. The van der Waals surface area contributed by atoms with E-state index < -0.39 is 5.97 Å². The molecule has 2 heterocycles. The monoisotopic (exact) mass is 234 g/mol. The highest BCUT2D eigenvalue weighted by atomic mass is 16.4. The molecule has 2 aromatic rings. The smallest absolute Gasteiger partial charge is 0.303 e. The van der Waals surface area contributed by atoms with Crippen LogP contribution in [0.4, 0.5) is 5.82 Å². The van der Waals surface area contributed by atoms with Crippen molar-refractivity contribution in [3.05, 3.63) is 24.7 Å². The highest BCUT2D eigenvalue weighted by Crippen LogP contribution is 2.16. The van der Waals surface area contributed by atoms with Crippen molar-refractivity contribution in [3.8, 4) is 0 Å². The number of carbonyl (C=O) groups is 1. The number of hydrogen-bond donors (Lipinski definition) is 1. The molecule has 0 aromatic carbocycles. The summed E-state index contributed by atoms with van der Waals surface area (Å²) in [6.45, 7) is 0.657. The Bertz CT molecular complexity index is 523. The molecule has 2 aromatic heterocycles. The Balaban J connectivity index is 2.10. The molecule has 1 N–H and O–H groups in total. The van der Waals surface area contributed by atoms with Gasteiger partial charge in [0.2, 0.25) is 0 Å². The normalized spacial score (nSPS) is 10.6. The van der Waals surface area contributed by atoms with Gasteiger partial charge in [-0.2, -0.15) is 5.10 Å². The first kappa shape index (κ1) is 11.4. The van der Waals surface area contributed by atoms with Gasteiger partial charge in [0.05, 0.1) is 6.20 Å². The number of aliphatic carboxylic acids is 1. The summed E-state index contributed by atoms with van der Waals surface area (Å²) < 4.78 is 1.75. The molecule has 0 unspecified atom stereocenters. The third-order valence-corrected chi connectivity index (χ3v) is 2.55. The fraction of sp³-hybridized carbons (Fsp3) is 0.364. The van der Waals surface area contributed by atoms with E-state index in [0.29, 0.717) is 13.0 Å². The summed E-state index contributed by atoms with van der Waals surface area (Å²) in [7, 11) is 1.90. The van der Waals surface area contributed by atoms with E-state index in [1.807, 2.05) is 18.0 Å². The Morgan fingerprint density at radius 2 is 2.35 bits per heavy atom. The number of carboxylic acids is 1. The van der Waals surface area contributed by atoms with E-state index in [1.165, 1.54) is 0 Å². The number of aromatic nitrogens is 3. The largest absolute Gasteiger partial charge is 0.481 e. The van der Waals surface area contributed by atoms with Gasteiger partial charge in [-0.15, -0.1) is 0 Å². The van der Waals surface area contributed by atoms with Crippen molar-refractivity contribution >= 4 is 17.3 Å². The van der Waals surface area contributed by atoms with E-state index in [0.717, 1.165) is 11.3 Å². The molecule has 0 bridgehead atoms. The lowest BCUT2D eigenvalue weighted by molar-refractivity contribution is -0.137. The van der Waals surface area contributed by atoms with Gasteiger partial charge in [-0.25, -0.2) is 9.50 Å². The van der Waals surface area contributed by atoms with E-state index in [1.54, 1.807) is 23.1 Å². The van der Waals surface area contributed by atoms with Crippen molar-refractivity contribution in [3.63, 3.8) is 0 Å². The quantitative estimate of drug-likeness (QED) is 0.836. The maximum Gasteiger partial charge on any atom is 0.303 e. The van der Waals surface area contributed by atoms with E-state index in [9.17, 15) is 4.79 Å². The second-order valence-corrected chi connectivity index (χ2v) is 3.83. The average Bonchev–Trinajstić information content (AvgIpc) is 2.75. The number of hydrogen-bond acceptors (Lipinski definition) is 4. The first-order chi connectivity index (χ1) is 8.18. The van der Waals surface area contributed by atoms with Gasteiger partial charge in [-0.05, 0) is 12.5 Å². The van der Waals surface area contributed by atoms with E-state index in [-0.39, 0.29) is 6.42 Å². The van der Waals surface area contributed by atoms with Crippen molar-refractivity contribution < 1.29 is 9.90 Å². The minimum Gasteiger partial charge on any atom is -0.481 e. The maximum atomic E-state index is 10.4. The Hall–Kier alpha value is -2.11. The second kappa shape index (κ2) is 4.82. The first-order valence-corrected chi connectivity index (χ1v) is 5.40. The molecule has 0 saturated heterocycles. The van der Waals surface area contributed by atoms with Gasteiger partial charge in [-0.3, -0.25) is 4.79 Å². The Morgan fingerprint density at radius 3 is 3.12 bits per heavy atom. The van der Waals surface area contributed by atoms with Crippen LogP contribution in [0.3, 0.4) is 0 Å². The molecule has 17 heavy (non-hydrogen) atoms. The van der Waals surface area contributed by atoms with Crippen molar-refractivity contribution in [1.82, 2.24) is 14.6 Å². The number of fused-ring (bicyclic) bond motifs is 1. The van der Waals surface area contributed by atoms with E-state index >= 15 is 0 Å². The molecular formula is C11H14N4O2. The Morgan fingerprint density at radius 1 is 1.53 bits per heavy atom. The molecule has 0 radical (unpaired) electrons. The standard InChI is InChI=1S/C11H14N4O2/c1-14(7-2-3-10(16)17)11-9-4-5-13-15(9)8-6-12-11/h4-6,8H,2-3,7H2,1H3,(H,16,17). The lowest BCUT2D eigenvalue weighted by atomic mass is 10.3. The molecule has 0 amide bonds. The van der Waals surface area contributed by atoms with Gasteiger partial charge in [0.15, 0.2) is 5.82 Å². The van der Waals surface area contributed by atoms with Crippen LogP contribution in [0.2, 0.25) is 0 Å². The molecule has 0 aliphatic rings. The van der Waals surface area contributed by atoms with Crippen LogP contribution in [0.25, 0.3) is 5.52 Å². The van der Waals surface area contributed by atoms with Gasteiger partial charge in [0.1, 0.15) is 5.52 Å². The fourth-order valence-electron chi connectivity index (χ4n) is 1.71. The summed E-state index contributed by atoms with van der Waals surface area (Å²) in [5, 5.41) is 12.7. The molecule has 0 fully saturated rings. The van der Waals surface area contributed by atoms with Crippen LogP contribution in [0.15, 0.2) is 24.7 Å². The molecule has 6 heteroatoms. The first-order valence-electron chi connectivity index (χ1n) is 5.40. The molecule has 0 atom stereocenters. The minimum atomic E-state index is -0.770. The highest BCUT2D eigenvalue weighted by molar-refractivity contribution is 5.68. The van der Waals surface area contributed by atoms with E-state index in [4.69, 9.17) is 5.11 Å². The van der Waals surface area contributed by atoms with Gasteiger partial charge >= 0.3 is 5.97 Å². The maximum absolute atomic E-state index is 10.4. The Kier molecular flexibility index (Phi) is 3.22. The molecule has 90 valence electrons. The summed E-state index contributed by atoms with van der Waals surface area (Å²) >= 11 is 0. The third-order valence-electron chi connectivity index (χ3n) is 2.55. The number of carboxylic acid groups (broad SMARTS) is 1. The second-order valence-electron chi connectivity index (χ2n) is 3.83. The summed E-state index contributed by atoms with van der Waals surface area (Å²) in [5.41, 5.74) is 0.922. The predicted octanol–water partition coefficient (Wildman–Crippen LogP) is 1.03. The van der Waals surface area contributed by atoms with Crippen molar-refractivity contribution in [2.24, 2.45) is 0 Å². The van der Waals surface area contributed by atoms with Crippen LogP contribution in [0.5, 0.6) is 0 Å². The van der Waals surface area contributed by atoms with E-state index in [2.05, 4.69) is 10.1 Å². The summed E-state index contributed by atoms with van der Waals surface area (Å²) in [6, 6.07) is 1.88. The van der Waals surface area contributed by atoms with Crippen LogP contribution < -0.4 is 4.90 Å². The zero-order chi connectivity index (χ0) is 12.3. The topological polar surface area (TPSA) is 70.7 Å². The third kappa shape index (κ3) is 2.52. The van der Waals surface area contributed by atoms with Gasteiger partial charge in [-0.1, -0.05) is 0 Å². The van der Waals surface area contributed by atoms with Crippen LogP contribution in [-0.2, 0) is 4.79 Å². The number of nitrogens with zero attached hydrogens (tertiary/aromatic N) is 4. The van der Waals surface area contributed by atoms with Crippen molar-refractivity contribution in [1.29, 1.82) is 0 Å². The number of rotatable bonds is 5. The predicted molar refractivity (Wildman–Crippen MR) is 63.1 cm³/mol.